The van der Waals surface area contributed by atoms with Crippen LogP contribution in [0.25, 0.3) is 0 Å². The Morgan fingerprint density at radius 3 is 2.50 bits per heavy atom. The van der Waals surface area contributed by atoms with Crippen LogP contribution in [0, 0.1) is 12.8 Å². The molecule has 0 bridgehead atoms. The van der Waals surface area contributed by atoms with E-state index in [0.717, 1.165) is 12.0 Å². The Morgan fingerprint density at radius 1 is 1.33 bits per heavy atom. The van der Waals surface area contributed by atoms with Crippen LogP contribution in [-0.4, -0.2) is 5.11 Å². The molecular formula is C11H16O. The second-order valence-corrected chi connectivity index (χ2v) is 3.72. The lowest BCUT2D eigenvalue weighted by atomic mass is 10.0. The van der Waals surface area contributed by atoms with Crippen LogP contribution in [0.1, 0.15) is 25.0 Å². The third kappa shape index (κ3) is 2.26. The topological polar surface area (TPSA) is 20.2 Å². The molecule has 0 saturated heterocycles. The zero-order valence-electron chi connectivity index (χ0n) is 7.96. The fourth-order valence-electron chi connectivity index (χ4n) is 1.32. The molecule has 1 heteroatoms. The molecule has 0 heterocycles. The van der Waals surface area contributed by atoms with Crippen LogP contribution in [0.2, 0.25) is 0 Å². The maximum Gasteiger partial charge on any atom is 0.118 e. The summed E-state index contributed by atoms with van der Waals surface area (Å²) in [5, 5.41) is 9.28. The van der Waals surface area contributed by atoms with Gasteiger partial charge in [-0.1, -0.05) is 26.0 Å². The number of phenolic OH excluding ortho intramolecular Hbond substituents is 1. The maximum atomic E-state index is 9.28. The van der Waals surface area contributed by atoms with E-state index < -0.39 is 0 Å². The molecule has 1 aromatic carbocycles. The summed E-state index contributed by atoms with van der Waals surface area (Å²) >= 11 is 0. The number of benzene rings is 1. The second-order valence-electron chi connectivity index (χ2n) is 3.72. The number of phenols is 1. The average molecular weight is 164 g/mol. The Morgan fingerprint density at radius 2 is 2.00 bits per heavy atom. The van der Waals surface area contributed by atoms with Crippen molar-refractivity contribution >= 4 is 0 Å². The van der Waals surface area contributed by atoms with Crippen molar-refractivity contribution in [2.75, 3.05) is 0 Å². The van der Waals surface area contributed by atoms with E-state index in [0.29, 0.717) is 11.7 Å². The predicted octanol–water partition coefficient (Wildman–Crippen LogP) is 2.90. The van der Waals surface area contributed by atoms with Crippen molar-refractivity contribution in [2.24, 2.45) is 5.92 Å². The Bertz CT molecular complexity index is 264. The SMILES string of the molecule is Cc1cc(CC(C)C)ccc1O. The molecule has 1 aromatic rings. The van der Waals surface area contributed by atoms with Gasteiger partial charge in [0.2, 0.25) is 0 Å². The van der Waals surface area contributed by atoms with Crippen molar-refractivity contribution in [3.8, 4) is 5.75 Å². The highest BCUT2D eigenvalue weighted by atomic mass is 16.3. The van der Waals surface area contributed by atoms with Gasteiger partial charge in [-0.2, -0.15) is 0 Å². The molecule has 0 atom stereocenters. The van der Waals surface area contributed by atoms with Crippen molar-refractivity contribution in [1.29, 1.82) is 0 Å². The highest BCUT2D eigenvalue weighted by Gasteiger charge is 2.00. The van der Waals surface area contributed by atoms with Crippen LogP contribution in [0.3, 0.4) is 0 Å². The fourth-order valence-corrected chi connectivity index (χ4v) is 1.32. The average Bonchev–Trinajstić information content (AvgIpc) is 1.96. The summed E-state index contributed by atoms with van der Waals surface area (Å²) in [7, 11) is 0. The highest BCUT2D eigenvalue weighted by Crippen LogP contribution is 2.18. The molecule has 0 aliphatic heterocycles. The van der Waals surface area contributed by atoms with Gasteiger partial charge in [-0.3, -0.25) is 0 Å². The molecule has 0 amide bonds. The number of aromatic hydroxyl groups is 1. The minimum absolute atomic E-state index is 0.391. The summed E-state index contributed by atoms with van der Waals surface area (Å²) in [6.45, 7) is 6.32. The molecule has 0 unspecified atom stereocenters. The quantitative estimate of drug-likeness (QED) is 0.712. The van der Waals surface area contributed by atoms with Crippen LogP contribution in [0.15, 0.2) is 18.2 Å². The summed E-state index contributed by atoms with van der Waals surface area (Å²) in [4.78, 5) is 0. The van der Waals surface area contributed by atoms with Gasteiger partial charge in [-0.05, 0) is 36.5 Å². The van der Waals surface area contributed by atoms with Crippen LogP contribution in [-0.2, 0) is 6.42 Å². The number of rotatable bonds is 2. The summed E-state index contributed by atoms with van der Waals surface area (Å²) < 4.78 is 0. The third-order valence-corrected chi connectivity index (χ3v) is 1.91. The maximum absolute atomic E-state index is 9.28. The van der Waals surface area contributed by atoms with E-state index in [1.165, 1.54) is 5.56 Å². The Labute approximate surface area is 74.1 Å². The molecule has 1 nitrogen and oxygen atoms in total. The zero-order valence-corrected chi connectivity index (χ0v) is 7.96. The molecule has 0 radical (unpaired) electrons. The second kappa shape index (κ2) is 3.61. The molecule has 66 valence electrons. The van der Waals surface area contributed by atoms with Crippen LogP contribution in [0.5, 0.6) is 5.75 Å². The van der Waals surface area contributed by atoms with Gasteiger partial charge in [0.1, 0.15) is 5.75 Å². The van der Waals surface area contributed by atoms with Crippen LogP contribution in [0.4, 0.5) is 0 Å². The van der Waals surface area contributed by atoms with Crippen molar-refractivity contribution in [2.45, 2.75) is 27.2 Å². The molecule has 0 aromatic heterocycles. The number of hydrogen-bond donors (Lipinski definition) is 1. The van der Waals surface area contributed by atoms with Gasteiger partial charge in [0.15, 0.2) is 0 Å². The standard InChI is InChI=1S/C11H16O/c1-8(2)6-10-4-5-11(12)9(3)7-10/h4-5,7-8,12H,6H2,1-3H3. The number of hydrogen-bond acceptors (Lipinski definition) is 1. The van der Waals surface area contributed by atoms with Gasteiger partial charge in [-0.25, -0.2) is 0 Å². The first-order chi connectivity index (χ1) is 5.59. The van der Waals surface area contributed by atoms with E-state index in [2.05, 4.69) is 19.9 Å². The first-order valence-electron chi connectivity index (χ1n) is 4.38. The Hall–Kier alpha value is -0.980. The van der Waals surface area contributed by atoms with E-state index in [9.17, 15) is 5.11 Å². The minimum Gasteiger partial charge on any atom is -0.508 e. The smallest absolute Gasteiger partial charge is 0.118 e. The third-order valence-electron chi connectivity index (χ3n) is 1.91. The van der Waals surface area contributed by atoms with Gasteiger partial charge >= 0.3 is 0 Å². The van der Waals surface area contributed by atoms with E-state index in [1.807, 2.05) is 13.0 Å². The van der Waals surface area contributed by atoms with E-state index in [-0.39, 0.29) is 0 Å². The van der Waals surface area contributed by atoms with Gasteiger partial charge < -0.3 is 5.11 Å². The van der Waals surface area contributed by atoms with Crippen molar-refractivity contribution in [1.82, 2.24) is 0 Å². The Balaban J connectivity index is 2.82. The molecular weight excluding hydrogens is 148 g/mol. The van der Waals surface area contributed by atoms with Crippen LogP contribution >= 0.6 is 0 Å². The van der Waals surface area contributed by atoms with E-state index in [4.69, 9.17) is 0 Å². The first-order valence-corrected chi connectivity index (χ1v) is 4.38. The first kappa shape index (κ1) is 9.11. The van der Waals surface area contributed by atoms with Crippen molar-refractivity contribution < 1.29 is 5.11 Å². The molecule has 0 saturated carbocycles. The molecule has 0 aliphatic rings. The van der Waals surface area contributed by atoms with Crippen molar-refractivity contribution in [3.05, 3.63) is 29.3 Å². The van der Waals surface area contributed by atoms with Gasteiger partial charge in [0, 0.05) is 0 Å². The van der Waals surface area contributed by atoms with Gasteiger partial charge in [0.05, 0.1) is 0 Å². The lowest BCUT2D eigenvalue weighted by molar-refractivity contribution is 0.470. The lowest BCUT2D eigenvalue weighted by Crippen LogP contribution is -1.93. The highest BCUT2D eigenvalue weighted by molar-refractivity contribution is 5.34. The summed E-state index contributed by atoms with van der Waals surface area (Å²) in [5.41, 5.74) is 2.27. The number of aryl methyl sites for hydroxylation is 1. The largest absolute Gasteiger partial charge is 0.508 e. The Kier molecular flexibility index (Phi) is 2.74. The predicted molar refractivity (Wildman–Crippen MR) is 51.4 cm³/mol. The van der Waals surface area contributed by atoms with Gasteiger partial charge in [-0.15, -0.1) is 0 Å². The van der Waals surface area contributed by atoms with E-state index in [1.54, 1.807) is 6.07 Å². The molecule has 1 N–H and O–H groups in total. The molecule has 0 spiro atoms. The van der Waals surface area contributed by atoms with Crippen molar-refractivity contribution in [3.63, 3.8) is 0 Å². The van der Waals surface area contributed by atoms with Crippen LogP contribution < -0.4 is 0 Å². The molecule has 0 aliphatic carbocycles. The minimum atomic E-state index is 0.391. The molecule has 12 heavy (non-hydrogen) atoms. The monoisotopic (exact) mass is 164 g/mol. The van der Waals surface area contributed by atoms with E-state index >= 15 is 0 Å². The molecule has 1 rings (SSSR count). The fraction of sp³-hybridized carbons (Fsp3) is 0.455. The summed E-state index contributed by atoms with van der Waals surface area (Å²) in [6.07, 6.45) is 1.08. The normalized spacial score (nSPS) is 10.7. The van der Waals surface area contributed by atoms with Gasteiger partial charge in [0.25, 0.3) is 0 Å². The summed E-state index contributed by atoms with van der Waals surface area (Å²) in [5.74, 6) is 1.07. The summed E-state index contributed by atoms with van der Waals surface area (Å²) in [6, 6.07) is 5.81. The molecule has 0 fully saturated rings. The zero-order chi connectivity index (χ0) is 9.14. The lowest BCUT2D eigenvalue weighted by Gasteiger charge is -2.06.